The van der Waals surface area contributed by atoms with Crippen LogP contribution in [0.4, 0.5) is 5.69 Å². The van der Waals surface area contributed by atoms with Gasteiger partial charge in [-0.2, -0.15) is 0 Å². The molecular weight excluding hydrogens is 360 g/mol. The van der Waals surface area contributed by atoms with Crippen LogP contribution in [0.15, 0.2) is 42.5 Å². The molecular formula is C21H24N2O5. The molecule has 0 spiro atoms. The second kappa shape index (κ2) is 8.21. The lowest BCUT2D eigenvalue weighted by Crippen LogP contribution is -2.39. The van der Waals surface area contributed by atoms with Crippen molar-refractivity contribution >= 4 is 17.5 Å². The molecule has 3 rings (SSSR count). The molecule has 2 aromatic rings. The van der Waals surface area contributed by atoms with E-state index in [4.69, 9.17) is 14.2 Å². The molecule has 2 amide bonds. The molecule has 0 radical (unpaired) electrons. The lowest BCUT2D eigenvalue weighted by atomic mass is 10.0. The van der Waals surface area contributed by atoms with Crippen molar-refractivity contribution in [3.63, 3.8) is 0 Å². The average Bonchev–Trinajstić information content (AvgIpc) is 3.54. The van der Waals surface area contributed by atoms with E-state index in [0.29, 0.717) is 42.3 Å². The number of amides is 2. The standard InChI is InChI=1S/C21H24N2O5/c1-26-16-11-15(12-17(27-2)18(16)28-3)23-20(25)21(9-10-21)19(24)22-13-14-7-5-4-6-8-14/h4-8,11-12H,9-10,13H2,1-3H3,(H,22,24)(H,23,25). The number of nitrogens with one attached hydrogen (secondary N) is 2. The Hall–Kier alpha value is -3.22. The zero-order valence-corrected chi connectivity index (χ0v) is 16.2. The molecule has 2 N–H and O–H groups in total. The van der Waals surface area contributed by atoms with Crippen molar-refractivity contribution in [3.05, 3.63) is 48.0 Å². The van der Waals surface area contributed by atoms with Crippen molar-refractivity contribution in [2.45, 2.75) is 19.4 Å². The molecule has 0 atom stereocenters. The van der Waals surface area contributed by atoms with E-state index in [1.54, 1.807) is 12.1 Å². The summed E-state index contributed by atoms with van der Waals surface area (Å²) in [5.41, 5.74) is 0.424. The van der Waals surface area contributed by atoms with Crippen LogP contribution in [0.2, 0.25) is 0 Å². The smallest absolute Gasteiger partial charge is 0.240 e. The fraction of sp³-hybridized carbons (Fsp3) is 0.333. The van der Waals surface area contributed by atoms with Crippen molar-refractivity contribution in [1.82, 2.24) is 5.32 Å². The Labute approximate surface area is 164 Å². The van der Waals surface area contributed by atoms with E-state index in [-0.39, 0.29) is 11.8 Å². The SMILES string of the molecule is COc1cc(NC(=O)C2(C(=O)NCc3ccccc3)CC2)cc(OC)c1OC. The second-order valence-electron chi connectivity index (χ2n) is 6.62. The minimum absolute atomic E-state index is 0.263. The summed E-state index contributed by atoms with van der Waals surface area (Å²) in [7, 11) is 4.51. The second-order valence-corrected chi connectivity index (χ2v) is 6.62. The summed E-state index contributed by atoms with van der Waals surface area (Å²) in [5.74, 6) is 0.685. The number of methoxy groups -OCH3 is 3. The summed E-state index contributed by atoms with van der Waals surface area (Å²) in [4.78, 5) is 25.5. The van der Waals surface area contributed by atoms with E-state index in [9.17, 15) is 9.59 Å². The maximum atomic E-state index is 12.8. The summed E-state index contributed by atoms with van der Waals surface area (Å²) in [5, 5.41) is 5.67. The fourth-order valence-corrected chi connectivity index (χ4v) is 3.03. The minimum Gasteiger partial charge on any atom is -0.493 e. The maximum absolute atomic E-state index is 12.8. The maximum Gasteiger partial charge on any atom is 0.240 e. The van der Waals surface area contributed by atoms with Crippen LogP contribution in [-0.4, -0.2) is 33.1 Å². The van der Waals surface area contributed by atoms with Gasteiger partial charge in [0.2, 0.25) is 17.6 Å². The van der Waals surface area contributed by atoms with Crippen molar-refractivity contribution in [2.75, 3.05) is 26.6 Å². The highest BCUT2D eigenvalue weighted by Crippen LogP contribution is 2.47. The highest BCUT2D eigenvalue weighted by atomic mass is 16.5. The summed E-state index contributed by atoms with van der Waals surface area (Å²) < 4.78 is 15.9. The molecule has 0 heterocycles. The Morgan fingerprint density at radius 3 is 2.04 bits per heavy atom. The van der Waals surface area contributed by atoms with Gasteiger partial charge in [0.05, 0.1) is 21.3 Å². The molecule has 0 bridgehead atoms. The number of ether oxygens (including phenoxy) is 3. The van der Waals surface area contributed by atoms with Gasteiger partial charge in [-0.25, -0.2) is 0 Å². The number of carbonyl (C=O) groups is 2. The van der Waals surface area contributed by atoms with Gasteiger partial charge in [-0.1, -0.05) is 30.3 Å². The highest BCUT2D eigenvalue weighted by Gasteiger charge is 2.56. The average molecular weight is 384 g/mol. The Bertz CT molecular complexity index is 837. The summed E-state index contributed by atoms with van der Waals surface area (Å²) in [6.07, 6.45) is 1.04. The monoisotopic (exact) mass is 384 g/mol. The van der Waals surface area contributed by atoms with Crippen LogP contribution >= 0.6 is 0 Å². The van der Waals surface area contributed by atoms with Crippen LogP contribution in [0.3, 0.4) is 0 Å². The molecule has 0 saturated heterocycles. The van der Waals surface area contributed by atoms with Crippen LogP contribution in [0.25, 0.3) is 0 Å². The van der Waals surface area contributed by atoms with Crippen LogP contribution in [0.5, 0.6) is 17.2 Å². The number of benzene rings is 2. The van der Waals surface area contributed by atoms with Gasteiger partial charge in [-0.05, 0) is 18.4 Å². The van der Waals surface area contributed by atoms with E-state index in [1.165, 1.54) is 21.3 Å². The third-order valence-electron chi connectivity index (χ3n) is 4.84. The van der Waals surface area contributed by atoms with Crippen molar-refractivity contribution in [2.24, 2.45) is 5.41 Å². The summed E-state index contributed by atoms with van der Waals surface area (Å²) in [6.45, 7) is 0.388. The van der Waals surface area contributed by atoms with Gasteiger partial charge in [0.25, 0.3) is 0 Å². The van der Waals surface area contributed by atoms with Crippen molar-refractivity contribution < 1.29 is 23.8 Å². The molecule has 7 heteroatoms. The first-order chi connectivity index (χ1) is 13.5. The molecule has 0 aromatic heterocycles. The van der Waals surface area contributed by atoms with Crippen LogP contribution in [0, 0.1) is 5.41 Å². The van der Waals surface area contributed by atoms with Gasteiger partial charge >= 0.3 is 0 Å². The first-order valence-corrected chi connectivity index (χ1v) is 8.97. The van der Waals surface area contributed by atoms with Gasteiger partial charge in [-0.15, -0.1) is 0 Å². The highest BCUT2D eigenvalue weighted by molar-refractivity contribution is 6.13. The van der Waals surface area contributed by atoms with Crippen molar-refractivity contribution in [3.8, 4) is 17.2 Å². The lowest BCUT2D eigenvalue weighted by Gasteiger charge is -2.18. The third kappa shape index (κ3) is 3.88. The largest absolute Gasteiger partial charge is 0.493 e. The predicted molar refractivity (Wildman–Crippen MR) is 105 cm³/mol. The first-order valence-electron chi connectivity index (χ1n) is 8.97. The minimum atomic E-state index is -1.03. The zero-order chi connectivity index (χ0) is 20.1. The third-order valence-corrected chi connectivity index (χ3v) is 4.84. The van der Waals surface area contributed by atoms with Crippen molar-refractivity contribution in [1.29, 1.82) is 0 Å². The Balaban J connectivity index is 1.71. The Morgan fingerprint density at radius 2 is 1.54 bits per heavy atom. The van der Waals surface area contributed by atoms with Gasteiger partial charge in [0.15, 0.2) is 11.5 Å². The number of hydrogen-bond acceptors (Lipinski definition) is 5. The molecule has 0 unspecified atom stereocenters. The Morgan fingerprint density at radius 1 is 0.929 bits per heavy atom. The molecule has 1 aliphatic carbocycles. The molecule has 7 nitrogen and oxygen atoms in total. The normalized spacial score (nSPS) is 14.0. The molecule has 0 aliphatic heterocycles. The molecule has 2 aromatic carbocycles. The van der Waals surface area contributed by atoms with Gasteiger partial charge in [0.1, 0.15) is 5.41 Å². The number of rotatable bonds is 8. The number of anilines is 1. The van der Waals surface area contributed by atoms with E-state index in [0.717, 1.165) is 5.56 Å². The van der Waals surface area contributed by atoms with E-state index < -0.39 is 5.41 Å². The zero-order valence-electron chi connectivity index (χ0n) is 16.2. The molecule has 148 valence electrons. The van der Waals surface area contributed by atoms with Crippen LogP contribution in [-0.2, 0) is 16.1 Å². The molecule has 1 fully saturated rings. The van der Waals surface area contributed by atoms with Gasteiger partial charge < -0.3 is 24.8 Å². The summed E-state index contributed by atoms with van der Waals surface area (Å²) in [6, 6.07) is 12.9. The van der Waals surface area contributed by atoms with E-state index in [2.05, 4.69) is 10.6 Å². The quantitative estimate of drug-likeness (QED) is 0.684. The first kappa shape index (κ1) is 19.5. The van der Waals surface area contributed by atoms with E-state index >= 15 is 0 Å². The van der Waals surface area contributed by atoms with Gasteiger partial charge in [-0.3, -0.25) is 9.59 Å². The lowest BCUT2D eigenvalue weighted by molar-refractivity contribution is -0.134. The topological polar surface area (TPSA) is 85.9 Å². The predicted octanol–water partition coefficient (Wildman–Crippen LogP) is 2.75. The molecule has 1 saturated carbocycles. The number of carbonyl (C=O) groups excluding carboxylic acids is 2. The van der Waals surface area contributed by atoms with Crippen LogP contribution < -0.4 is 24.8 Å². The fourth-order valence-electron chi connectivity index (χ4n) is 3.03. The van der Waals surface area contributed by atoms with Gasteiger partial charge in [0, 0.05) is 24.4 Å². The van der Waals surface area contributed by atoms with Crippen LogP contribution in [0.1, 0.15) is 18.4 Å². The Kier molecular flexibility index (Phi) is 5.73. The molecule has 1 aliphatic rings. The molecule has 28 heavy (non-hydrogen) atoms. The summed E-state index contributed by atoms with van der Waals surface area (Å²) >= 11 is 0. The van der Waals surface area contributed by atoms with E-state index in [1.807, 2.05) is 30.3 Å². The number of hydrogen-bond donors (Lipinski definition) is 2.